The Bertz CT molecular complexity index is 244. The van der Waals surface area contributed by atoms with E-state index in [1.807, 2.05) is 0 Å². The van der Waals surface area contributed by atoms with Gasteiger partial charge in [-0.3, -0.25) is 9.80 Å². The summed E-state index contributed by atoms with van der Waals surface area (Å²) < 4.78 is 0. The standard InChI is InChI=1S/C15H30N2/c1-5-13-10-16-9-7-6-8-14(16)11-17(13)12-15(2,3)4/h13-14H,5-12H2,1-4H3. The van der Waals surface area contributed by atoms with Crippen LogP contribution in [0.3, 0.4) is 0 Å². The summed E-state index contributed by atoms with van der Waals surface area (Å²) in [6.07, 6.45) is 5.60. The molecule has 2 heteroatoms. The van der Waals surface area contributed by atoms with E-state index in [1.165, 1.54) is 51.9 Å². The summed E-state index contributed by atoms with van der Waals surface area (Å²) in [5, 5.41) is 0. The van der Waals surface area contributed by atoms with E-state index in [-0.39, 0.29) is 0 Å². The SMILES string of the molecule is CCC1CN2CCCCC2CN1CC(C)(C)C. The lowest BCUT2D eigenvalue weighted by Gasteiger charge is -2.49. The van der Waals surface area contributed by atoms with Gasteiger partial charge in [-0.1, -0.05) is 34.1 Å². The number of nitrogens with zero attached hydrogens (tertiary/aromatic N) is 2. The first-order chi connectivity index (χ1) is 7.99. The second kappa shape index (κ2) is 5.27. The fourth-order valence-electron chi connectivity index (χ4n) is 3.50. The van der Waals surface area contributed by atoms with E-state index in [2.05, 4.69) is 37.5 Å². The third kappa shape index (κ3) is 3.45. The lowest BCUT2D eigenvalue weighted by molar-refractivity contribution is -0.00705. The van der Waals surface area contributed by atoms with E-state index in [1.54, 1.807) is 0 Å². The quantitative estimate of drug-likeness (QED) is 0.730. The highest BCUT2D eigenvalue weighted by Gasteiger charge is 2.35. The van der Waals surface area contributed by atoms with Crippen LogP contribution in [-0.2, 0) is 0 Å². The summed E-state index contributed by atoms with van der Waals surface area (Å²) in [6, 6.07) is 1.65. The summed E-state index contributed by atoms with van der Waals surface area (Å²) in [5.41, 5.74) is 0.435. The number of fused-ring (bicyclic) bond motifs is 1. The molecule has 0 bridgehead atoms. The molecule has 2 aliphatic heterocycles. The zero-order chi connectivity index (χ0) is 12.5. The van der Waals surface area contributed by atoms with Crippen LogP contribution >= 0.6 is 0 Å². The molecule has 0 amide bonds. The minimum absolute atomic E-state index is 0.435. The maximum Gasteiger partial charge on any atom is 0.0223 e. The Labute approximate surface area is 107 Å². The molecule has 0 aromatic carbocycles. The Hall–Kier alpha value is -0.0800. The number of hydrogen-bond donors (Lipinski definition) is 0. The minimum atomic E-state index is 0.435. The topological polar surface area (TPSA) is 6.48 Å². The van der Waals surface area contributed by atoms with Crippen LogP contribution in [0.15, 0.2) is 0 Å². The predicted octanol–water partition coefficient (Wildman–Crippen LogP) is 2.98. The van der Waals surface area contributed by atoms with Crippen LogP contribution in [0.1, 0.15) is 53.4 Å². The molecule has 100 valence electrons. The molecule has 2 atom stereocenters. The molecule has 0 spiro atoms. The van der Waals surface area contributed by atoms with Gasteiger partial charge in [0.05, 0.1) is 0 Å². The van der Waals surface area contributed by atoms with E-state index in [4.69, 9.17) is 0 Å². The van der Waals surface area contributed by atoms with Gasteiger partial charge in [0.15, 0.2) is 0 Å². The zero-order valence-electron chi connectivity index (χ0n) is 12.2. The molecule has 0 aromatic rings. The van der Waals surface area contributed by atoms with Crippen molar-refractivity contribution < 1.29 is 0 Å². The first kappa shape index (κ1) is 13.4. The normalized spacial score (nSPS) is 32.5. The Morgan fingerprint density at radius 1 is 1.12 bits per heavy atom. The summed E-state index contributed by atoms with van der Waals surface area (Å²) >= 11 is 0. The second-order valence-corrected chi connectivity index (χ2v) is 7.20. The second-order valence-electron chi connectivity index (χ2n) is 7.20. The van der Waals surface area contributed by atoms with E-state index in [9.17, 15) is 0 Å². The van der Waals surface area contributed by atoms with Gasteiger partial charge < -0.3 is 0 Å². The van der Waals surface area contributed by atoms with Gasteiger partial charge in [-0.15, -0.1) is 0 Å². The van der Waals surface area contributed by atoms with Crippen LogP contribution in [0, 0.1) is 5.41 Å². The van der Waals surface area contributed by atoms with Crippen molar-refractivity contribution >= 4 is 0 Å². The number of piperidine rings is 1. The van der Waals surface area contributed by atoms with Gasteiger partial charge in [-0.05, 0) is 31.2 Å². The van der Waals surface area contributed by atoms with Crippen LogP contribution in [-0.4, -0.2) is 48.1 Å². The van der Waals surface area contributed by atoms with Crippen molar-refractivity contribution in [3.8, 4) is 0 Å². The maximum absolute atomic E-state index is 2.77. The smallest absolute Gasteiger partial charge is 0.0223 e. The predicted molar refractivity (Wildman–Crippen MR) is 74.3 cm³/mol. The van der Waals surface area contributed by atoms with Gasteiger partial charge in [-0.2, -0.15) is 0 Å². The summed E-state index contributed by atoms with van der Waals surface area (Å²) in [7, 11) is 0. The molecular weight excluding hydrogens is 208 g/mol. The van der Waals surface area contributed by atoms with Gasteiger partial charge in [0.25, 0.3) is 0 Å². The van der Waals surface area contributed by atoms with Crippen LogP contribution in [0.25, 0.3) is 0 Å². The molecule has 0 aromatic heterocycles. The summed E-state index contributed by atoms with van der Waals surface area (Å²) in [5.74, 6) is 0. The Kier molecular flexibility index (Phi) is 4.14. The van der Waals surface area contributed by atoms with Crippen molar-refractivity contribution in [2.45, 2.75) is 65.5 Å². The molecule has 0 N–H and O–H groups in total. The maximum atomic E-state index is 2.77. The van der Waals surface area contributed by atoms with Gasteiger partial charge in [-0.25, -0.2) is 0 Å². The Morgan fingerprint density at radius 2 is 1.88 bits per heavy atom. The molecule has 2 saturated heterocycles. The molecule has 0 aliphatic carbocycles. The van der Waals surface area contributed by atoms with Gasteiger partial charge in [0, 0.05) is 31.7 Å². The van der Waals surface area contributed by atoms with E-state index in [0.29, 0.717) is 5.41 Å². The lowest BCUT2D eigenvalue weighted by atomic mass is 9.91. The molecule has 2 fully saturated rings. The highest BCUT2D eigenvalue weighted by molar-refractivity contribution is 4.91. The largest absolute Gasteiger partial charge is 0.298 e. The van der Waals surface area contributed by atoms with Crippen molar-refractivity contribution in [1.82, 2.24) is 9.80 Å². The first-order valence-corrected chi connectivity index (χ1v) is 7.47. The Morgan fingerprint density at radius 3 is 2.53 bits per heavy atom. The van der Waals surface area contributed by atoms with E-state index in [0.717, 1.165) is 12.1 Å². The molecule has 2 nitrogen and oxygen atoms in total. The molecular formula is C15H30N2. The fraction of sp³-hybridized carbons (Fsp3) is 1.00. The van der Waals surface area contributed by atoms with Gasteiger partial charge in [0.2, 0.25) is 0 Å². The van der Waals surface area contributed by atoms with E-state index >= 15 is 0 Å². The highest BCUT2D eigenvalue weighted by atomic mass is 15.3. The molecule has 2 unspecified atom stereocenters. The summed E-state index contributed by atoms with van der Waals surface area (Å²) in [6.45, 7) is 14.7. The van der Waals surface area contributed by atoms with Crippen LogP contribution in [0.4, 0.5) is 0 Å². The third-order valence-electron chi connectivity index (χ3n) is 4.30. The fourth-order valence-corrected chi connectivity index (χ4v) is 3.50. The Balaban J connectivity index is 1.99. The van der Waals surface area contributed by atoms with Crippen LogP contribution in [0.2, 0.25) is 0 Å². The van der Waals surface area contributed by atoms with Crippen molar-refractivity contribution in [3.05, 3.63) is 0 Å². The molecule has 17 heavy (non-hydrogen) atoms. The third-order valence-corrected chi connectivity index (χ3v) is 4.30. The molecule has 0 radical (unpaired) electrons. The molecule has 2 heterocycles. The molecule has 2 rings (SSSR count). The van der Waals surface area contributed by atoms with E-state index < -0.39 is 0 Å². The molecule has 2 aliphatic rings. The van der Waals surface area contributed by atoms with Crippen molar-refractivity contribution in [3.63, 3.8) is 0 Å². The number of rotatable bonds is 2. The molecule has 0 saturated carbocycles. The lowest BCUT2D eigenvalue weighted by Crippen LogP contribution is -2.60. The highest BCUT2D eigenvalue weighted by Crippen LogP contribution is 2.27. The number of hydrogen-bond acceptors (Lipinski definition) is 2. The van der Waals surface area contributed by atoms with Crippen LogP contribution < -0.4 is 0 Å². The first-order valence-electron chi connectivity index (χ1n) is 7.47. The van der Waals surface area contributed by atoms with Crippen LogP contribution in [0.5, 0.6) is 0 Å². The monoisotopic (exact) mass is 238 g/mol. The number of piperazine rings is 1. The van der Waals surface area contributed by atoms with Crippen molar-refractivity contribution in [2.75, 3.05) is 26.2 Å². The van der Waals surface area contributed by atoms with Gasteiger partial charge in [0.1, 0.15) is 0 Å². The van der Waals surface area contributed by atoms with Gasteiger partial charge >= 0.3 is 0 Å². The van der Waals surface area contributed by atoms with Crippen molar-refractivity contribution in [2.24, 2.45) is 5.41 Å². The average Bonchev–Trinajstić information content (AvgIpc) is 2.26. The van der Waals surface area contributed by atoms with Crippen molar-refractivity contribution in [1.29, 1.82) is 0 Å². The zero-order valence-corrected chi connectivity index (χ0v) is 12.2. The summed E-state index contributed by atoms with van der Waals surface area (Å²) in [4.78, 5) is 5.53. The minimum Gasteiger partial charge on any atom is -0.298 e. The average molecular weight is 238 g/mol.